The predicted octanol–water partition coefficient (Wildman–Crippen LogP) is 2.13. The average Bonchev–Trinajstić information content (AvgIpc) is 2.44. The zero-order valence-electron chi connectivity index (χ0n) is 11.8. The fourth-order valence-electron chi connectivity index (χ4n) is 2.49. The lowest BCUT2D eigenvalue weighted by molar-refractivity contribution is -0.151. The lowest BCUT2D eigenvalue weighted by atomic mass is 10.1. The summed E-state index contributed by atoms with van der Waals surface area (Å²) in [6, 6.07) is 9.39. The highest BCUT2D eigenvalue weighted by Gasteiger charge is 2.53. The standard InChI is InChI=1S/C15H19NO3/c1-14(2)13(18)16(15(3,4)19-14)12(17)10-11-8-6-5-7-9-11/h5-9H,10H2,1-4H3. The molecule has 1 saturated heterocycles. The monoisotopic (exact) mass is 261 g/mol. The smallest absolute Gasteiger partial charge is 0.263 e. The van der Waals surface area contributed by atoms with Crippen LogP contribution < -0.4 is 0 Å². The first-order chi connectivity index (χ1) is 8.74. The number of carbonyl (C=O) groups excluding carboxylic acids is 2. The first kappa shape index (κ1) is 13.7. The minimum absolute atomic E-state index is 0.204. The van der Waals surface area contributed by atoms with Crippen LogP contribution in [0.25, 0.3) is 0 Å². The summed E-state index contributed by atoms with van der Waals surface area (Å²) in [4.78, 5) is 25.8. The Bertz CT molecular complexity index is 505. The number of ether oxygens (including phenoxy) is 1. The summed E-state index contributed by atoms with van der Waals surface area (Å²) in [6.07, 6.45) is 0.204. The van der Waals surface area contributed by atoms with Crippen molar-refractivity contribution in [1.82, 2.24) is 4.90 Å². The van der Waals surface area contributed by atoms with Crippen LogP contribution in [0.15, 0.2) is 30.3 Å². The van der Waals surface area contributed by atoms with Gasteiger partial charge in [-0.3, -0.25) is 14.5 Å². The molecule has 19 heavy (non-hydrogen) atoms. The van der Waals surface area contributed by atoms with Crippen LogP contribution in [0.5, 0.6) is 0 Å². The van der Waals surface area contributed by atoms with E-state index in [-0.39, 0.29) is 18.2 Å². The van der Waals surface area contributed by atoms with Crippen molar-refractivity contribution in [2.24, 2.45) is 0 Å². The molecule has 1 aromatic carbocycles. The summed E-state index contributed by atoms with van der Waals surface area (Å²) in [5.41, 5.74) is -0.955. The summed E-state index contributed by atoms with van der Waals surface area (Å²) in [7, 11) is 0. The van der Waals surface area contributed by atoms with Gasteiger partial charge in [0.05, 0.1) is 6.42 Å². The molecule has 1 aliphatic heterocycles. The van der Waals surface area contributed by atoms with E-state index in [4.69, 9.17) is 4.74 Å². The van der Waals surface area contributed by atoms with E-state index < -0.39 is 11.3 Å². The summed E-state index contributed by atoms with van der Waals surface area (Å²) in [5.74, 6) is -0.509. The van der Waals surface area contributed by atoms with Crippen LogP contribution in [0.1, 0.15) is 33.3 Å². The first-order valence-corrected chi connectivity index (χ1v) is 6.36. The predicted molar refractivity (Wildman–Crippen MR) is 71.2 cm³/mol. The number of amides is 2. The number of hydrogen-bond acceptors (Lipinski definition) is 3. The highest BCUT2D eigenvalue weighted by atomic mass is 16.6. The van der Waals surface area contributed by atoms with Crippen LogP contribution >= 0.6 is 0 Å². The second-order valence-electron chi connectivity index (χ2n) is 5.76. The molecule has 4 heteroatoms. The molecule has 1 aromatic rings. The van der Waals surface area contributed by atoms with Gasteiger partial charge >= 0.3 is 0 Å². The highest BCUT2D eigenvalue weighted by molar-refractivity contribution is 6.01. The van der Waals surface area contributed by atoms with Crippen molar-refractivity contribution in [2.45, 2.75) is 45.4 Å². The molecule has 2 amide bonds. The van der Waals surface area contributed by atoms with Crippen molar-refractivity contribution in [3.8, 4) is 0 Å². The Hall–Kier alpha value is -1.68. The second-order valence-corrected chi connectivity index (χ2v) is 5.76. The van der Waals surface area contributed by atoms with Crippen molar-refractivity contribution in [2.75, 3.05) is 0 Å². The molecule has 0 atom stereocenters. The van der Waals surface area contributed by atoms with E-state index in [1.807, 2.05) is 30.3 Å². The lowest BCUT2D eigenvalue weighted by Crippen LogP contribution is -2.47. The van der Waals surface area contributed by atoms with Gasteiger partial charge in [-0.2, -0.15) is 0 Å². The normalized spacial score (nSPS) is 20.6. The van der Waals surface area contributed by atoms with Gasteiger partial charge in [0.15, 0.2) is 0 Å². The van der Waals surface area contributed by atoms with Crippen molar-refractivity contribution in [3.05, 3.63) is 35.9 Å². The molecule has 0 aromatic heterocycles. The number of rotatable bonds is 2. The summed E-state index contributed by atoms with van der Waals surface area (Å²) >= 11 is 0. The zero-order chi connectivity index (χ0) is 14.3. The van der Waals surface area contributed by atoms with Crippen LogP contribution in [0, 0.1) is 0 Å². The number of hydrogen-bond donors (Lipinski definition) is 0. The average molecular weight is 261 g/mol. The number of nitrogens with zero attached hydrogens (tertiary/aromatic N) is 1. The van der Waals surface area contributed by atoms with Gasteiger partial charge in [0.2, 0.25) is 5.91 Å². The van der Waals surface area contributed by atoms with Crippen molar-refractivity contribution < 1.29 is 14.3 Å². The van der Waals surface area contributed by atoms with Gasteiger partial charge in [-0.1, -0.05) is 30.3 Å². The van der Waals surface area contributed by atoms with Gasteiger partial charge in [0, 0.05) is 0 Å². The number of benzene rings is 1. The molecule has 2 rings (SSSR count). The lowest BCUT2D eigenvalue weighted by Gasteiger charge is -2.28. The van der Waals surface area contributed by atoms with Gasteiger partial charge in [-0.15, -0.1) is 0 Å². The maximum atomic E-state index is 12.4. The van der Waals surface area contributed by atoms with Gasteiger partial charge in [0.1, 0.15) is 11.3 Å². The fraction of sp³-hybridized carbons (Fsp3) is 0.467. The van der Waals surface area contributed by atoms with Crippen LogP contribution in [-0.4, -0.2) is 28.0 Å². The first-order valence-electron chi connectivity index (χ1n) is 6.36. The molecule has 0 unspecified atom stereocenters. The quantitative estimate of drug-likeness (QED) is 0.819. The maximum absolute atomic E-state index is 12.4. The van der Waals surface area contributed by atoms with Gasteiger partial charge in [-0.05, 0) is 33.3 Å². The third kappa shape index (κ3) is 2.54. The Morgan fingerprint density at radius 1 is 1.16 bits per heavy atom. The van der Waals surface area contributed by atoms with E-state index in [2.05, 4.69) is 0 Å². The fourth-order valence-corrected chi connectivity index (χ4v) is 2.49. The van der Waals surface area contributed by atoms with Crippen molar-refractivity contribution >= 4 is 11.8 Å². The molecular weight excluding hydrogens is 242 g/mol. The molecule has 102 valence electrons. The summed E-state index contributed by atoms with van der Waals surface area (Å²) in [5, 5.41) is 0. The van der Waals surface area contributed by atoms with E-state index in [1.54, 1.807) is 27.7 Å². The highest BCUT2D eigenvalue weighted by Crippen LogP contribution is 2.35. The maximum Gasteiger partial charge on any atom is 0.263 e. The molecule has 4 nitrogen and oxygen atoms in total. The molecule has 0 N–H and O–H groups in total. The molecule has 0 aliphatic carbocycles. The summed E-state index contributed by atoms with van der Waals surface area (Å²) in [6.45, 7) is 6.85. The van der Waals surface area contributed by atoms with Gasteiger partial charge < -0.3 is 4.74 Å². The minimum Gasteiger partial charge on any atom is -0.340 e. The molecule has 1 heterocycles. The molecule has 0 saturated carbocycles. The number of imide groups is 1. The molecule has 0 bridgehead atoms. The SMILES string of the molecule is CC1(C)OC(C)(C)N(C(=O)Cc2ccccc2)C1=O. The van der Waals surface area contributed by atoms with Crippen LogP contribution in [0.3, 0.4) is 0 Å². The van der Waals surface area contributed by atoms with Crippen molar-refractivity contribution in [3.63, 3.8) is 0 Å². The van der Waals surface area contributed by atoms with Gasteiger partial charge in [-0.25, -0.2) is 0 Å². The Balaban J connectivity index is 2.22. The van der Waals surface area contributed by atoms with E-state index >= 15 is 0 Å². The van der Waals surface area contributed by atoms with E-state index in [0.717, 1.165) is 5.56 Å². The molecule has 1 aliphatic rings. The van der Waals surface area contributed by atoms with E-state index in [0.29, 0.717) is 0 Å². The second kappa shape index (κ2) is 4.46. The largest absolute Gasteiger partial charge is 0.340 e. The molecular formula is C15H19NO3. The van der Waals surface area contributed by atoms with E-state index in [1.165, 1.54) is 4.90 Å². The zero-order valence-corrected chi connectivity index (χ0v) is 11.8. The Labute approximate surface area is 113 Å². The Morgan fingerprint density at radius 3 is 2.21 bits per heavy atom. The van der Waals surface area contributed by atoms with Gasteiger partial charge in [0.25, 0.3) is 5.91 Å². The summed E-state index contributed by atoms with van der Waals surface area (Å²) < 4.78 is 5.68. The van der Waals surface area contributed by atoms with E-state index in [9.17, 15) is 9.59 Å². The Morgan fingerprint density at radius 2 is 1.74 bits per heavy atom. The van der Waals surface area contributed by atoms with Crippen LogP contribution in [0.2, 0.25) is 0 Å². The number of carbonyl (C=O) groups is 2. The third-order valence-corrected chi connectivity index (χ3v) is 3.21. The van der Waals surface area contributed by atoms with Crippen LogP contribution in [0.4, 0.5) is 0 Å². The molecule has 0 radical (unpaired) electrons. The molecule has 1 fully saturated rings. The topological polar surface area (TPSA) is 46.6 Å². The molecule has 0 spiro atoms. The van der Waals surface area contributed by atoms with Crippen LogP contribution in [-0.2, 0) is 20.7 Å². The Kier molecular flexibility index (Phi) is 3.22. The van der Waals surface area contributed by atoms with Crippen molar-refractivity contribution in [1.29, 1.82) is 0 Å². The minimum atomic E-state index is -0.949. The third-order valence-electron chi connectivity index (χ3n) is 3.21.